The van der Waals surface area contributed by atoms with Gasteiger partial charge in [0.15, 0.2) is 5.78 Å². The zero-order chi connectivity index (χ0) is 22.2. The summed E-state index contributed by atoms with van der Waals surface area (Å²) >= 11 is 5.91. The number of rotatable bonds is 4. The van der Waals surface area contributed by atoms with Crippen LogP contribution in [0.3, 0.4) is 0 Å². The molecule has 5 nitrogen and oxygen atoms in total. The molecule has 0 bridgehead atoms. The zero-order valence-electron chi connectivity index (χ0n) is 15.9. The minimum Gasteiger partial charge on any atom is -0.404 e. The van der Waals surface area contributed by atoms with Crippen molar-refractivity contribution in [1.82, 2.24) is 4.57 Å². The lowest BCUT2D eigenvalue weighted by Gasteiger charge is -2.24. The molecular weight excluding hydrogens is 433 g/mol. The number of benzene rings is 2. The van der Waals surface area contributed by atoms with Gasteiger partial charge in [-0.2, -0.15) is 0 Å². The Morgan fingerprint density at radius 2 is 1.81 bits per heavy atom. The van der Waals surface area contributed by atoms with Gasteiger partial charge in [-0.3, -0.25) is 9.59 Å². The minimum atomic E-state index is -4.82. The molecule has 0 spiro atoms. The molecule has 4 rings (SSSR count). The number of ether oxygens (including phenoxy) is 1. The summed E-state index contributed by atoms with van der Waals surface area (Å²) in [6.45, 7) is 0. The van der Waals surface area contributed by atoms with Gasteiger partial charge in [-0.05, 0) is 53.9 Å². The van der Waals surface area contributed by atoms with Crippen LogP contribution in [0, 0.1) is 0 Å². The number of anilines is 1. The maximum Gasteiger partial charge on any atom is 0.573 e. The summed E-state index contributed by atoms with van der Waals surface area (Å²) in [6.07, 6.45) is -2.36. The van der Waals surface area contributed by atoms with E-state index in [1.165, 1.54) is 12.1 Å². The number of ketones is 1. The largest absolute Gasteiger partial charge is 0.573 e. The van der Waals surface area contributed by atoms with Crippen LogP contribution in [0.2, 0.25) is 5.02 Å². The molecule has 9 heteroatoms. The predicted octanol–water partition coefficient (Wildman–Crippen LogP) is 5.86. The van der Waals surface area contributed by atoms with Crippen LogP contribution in [0.5, 0.6) is 5.75 Å². The summed E-state index contributed by atoms with van der Waals surface area (Å²) in [7, 11) is 0. The van der Waals surface area contributed by atoms with Crippen molar-refractivity contribution in [2.45, 2.75) is 25.2 Å². The van der Waals surface area contributed by atoms with Crippen molar-refractivity contribution in [3.63, 3.8) is 0 Å². The van der Waals surface area contributed by atoms with Crippen LogP contribution in [0.1, 0.15) is 29.4 Å². The van der Waals surface area contributed by atoms with E-state index in [0.29, 0.717) is 35.3 Å². The lowest BCUT2D eigenvalue weighted by atomic mass is 10.0. The molecule has 2 aromatic carbocycles. The molecule has 1 N–H and O–H groups in total. The fourth-order valence-corrected chi connectivity index (χ4v) is 3.77. The van der Waals surface area contributed by atoms with Gasteiger partial charge in [-0.25, -0.2) is 0 Å². The SMILES string of the molecule is O=C1CCC(C(=O)Nc2ccc(-c3ccc(OC(F)(F)F)c(Cl)c3)cc2)n2cccc21. The van der Waals surface area contributed by atoms with Crippen LogP contribution in [0.25, 0.3) is 11.1 Å². The average Bonchev–Trinajstić information content (AvgIpc) is 3.20. The summed E-state index contributed by atoms with van der Waals surface area (Å²) in [5, 5.41) is 2.67. The third kappa shape index (κ3) is 4.59. The van der Waals surface area contributed by atoms with Gasteiger partial charge in [0.25, 0.3) is 0 Å². The number of carbonyl (C=O) groups is 2. The highest BCUT2D eigenvalue weighted by Crippen LogP contribution is 2.34. The van der Waals surface area contributed by atoms with Crippen molar-refractivity contribution in [1.29, 1.82) is 0 Å². The van der Waals surface area contributed by atoms with Gasteiger partial charge in [-0.15, -0.1) is 13.2 Å². The molecule has 1 aliphatic rings. The fraction of sp³-hybridized carbons (Fsp3) is 0.182. The standard InChI is InChI=1S/C22H16ClF3N2O3/c23-16-12-14(5-10-20(16)31-22(24,25)26)13-3-6-15(7-4-13)27-21(30)18-8-9-19(29)17-2-1-11-28(17)18/h1-7,10-12,18H,8-9H2,(H,27,30). The van der Waals surface area contributed by atoms with Crippen LogP contribution in [-0.2, 0) is 4.79 Å². The van der Waals surface area contributed by atoms with E-state index in [1.54, 1.807) is 47.2 Å². The molecule has 1 unspecified atom stereocenters. The van der Waals surface area contributed by atoms with Gasteiger partial charge in [0, 0.05) is 18.3 Å². The van der Waals surface area contributed by atoms with E-state index in [-0.39, 0.29) is 16.7 Å². The quantitative estimate of drug-likeness (QED) is 0.543. The van der Waals surface area contributed by atoms with Gasteiger partial charge >= 0.3 is 6.36 Å². The number of Topliss-reactive ketones (excluding diaryl/α,β-unsaturated/α-hetero) is 1. The van der Waals surface area contributed by atoms with Gasteiger partial charge in [0.05, 0.1) is 10.7 Å². The van der Waals surface area contributed by atoms with E-state index in [9.17, 15) is 22.8 Å². The van der Waals surface area contributed by atoms with Crippen molar-refractivity contribution in [2.24, 2.45) is 0 Å². The first-order valence-corrected chi connectivity index (χ1v) is 9.76. The van der Waals surface area contributed by atoms with E-state index >= 15 is 0 Å². The highest BCUT2D eigenvalue weighted by molar-refractivity contribution is 6.32. The number of halogens is 4. The molecule has 2 heterocycles. The number of aromatic nitrogens is 1. The number of nitrogens with zero attached hydrogens (tertiary/aromatic N) is 1. The number of hydrogen-bond acceptors (Lipinski definition) is 3. The van der Waals surface area contributed by atoms with E-state index in [2.05, 4.69) is 10.1 Å². The van der Waals surface area contributed by atoms with E-state index in [4.69, 9.17) is 11.6 Å². The van der Waals surface area contributed by atoms with Crippen molar-refractivity contribution in [3.05, 3.63) is 71.5 Å². The molecule has 0 radical (unpaired) electrons. The molecule has 160 valence electrons. The maximum absolute atomic E-state index is 12.7. The number of fused-ring (bicyclic) bond motifs is 1. The maximum atomic E-state index is 12.7. The molecule has 0 saturated heterocycles. The Morgan fingerprint density at radius 3 is 2.48 bits per heavy atom. The summed E-state index contributed by atoms with van der Waals surface area (Å²) in [5.41, 5.74) is 2.38. The fourth-order valence-electron chi connectivity index (χ4n) is 3.55. The zero-order valence-corrected chi connectivity index (χ0v) is 16.7. The van der Waals surface area contributed by atoms with Gasteiger partial charge in [0.1, 0.15) is 11.8 Å². The number of amides is 1. The van der Waals surface area contributed by atoms with Crippen molar-refractivity contribution in [2.75, 3.05) is 5.32 Å². The first kappa shape index (κ1) is 21.0. The molecule has 0 aliphatic carbocycles. The van der Waals surface area contributed by atoms with Crippen LogP contribution in [0.15, 0.2) is 60.8 Å². The van der Waals surface area contributed by atoms with Crippen molar-refractivity contribution in [3.8, 4) is 16.9 Å². The topological polar surface area (TPSA) is 60.3 Å². The summed E-state index contributed by atoms with van der Waals surface area (Å²) in [5.74, 6) is -0.685. The molecule has 1 amide bonds. The average molecular weight is 449 g/mol. The second-order valence-corrected chi connectivity index (χ2v) is 7.45. The third-order valence-corrected chi connectivity index (χ3v) is 5.29. The van der Waals surface area contributed by atoms with Crippen LogP contribution in [-0.4, -0.2) is 22.6 Å². The predicted molar refractivity (Wildman–Crippen MR) is 109 cm³/mol. The number of nitrogens with one attached hydrogen (secondary N) is 1. The Hall–Kier alpha value is -3.26. The normalized spacial score (nSPS) is 16.0. The van der Waals surface area contributed by atoms with Crippen LogP contribution >= 0.6 is 11.6 Å². The Balaban J connectivity index is 1.47. The van der Waals surface area contributed by atoms with E-state index < -0.39 is 18.2 Å². The smallest absolute Gasteiger partial charge is 0.404 e. The number of alkyl halides is 3. The lowest BCUT2D eigenvalue weighted by molar-refractivity contribution is -0.274. The second-order valence-electron chi connectivity index (χ2n) is 7.04. The van der Waals surface area contributed by atoms with Gasteiger partial charge in [-0.1, -0.05) is 29.8 Å². The highest BCUT2D eigenvalue weighted by Gasteiger charge is 2.32. The van der Waals surface area contributed by atoms with Gasteiger partial charge in [0.2, 0.25) is 5.91 Å². The molecular formula is C22H16ClF3N2O3. The Labute approximate surface area is 180 Å². The number of hydrogen-bond donors (Lipinski definition) is 1. The molecule has 31 heavy (non-hydrogen) atoms. The van der Waals surface area contributed by atoms with Crippen LogP contribution < -0.4 is 10.1 Å². The molecule has 0 saturated carbocycles. The first-order chi connectivity index (χ1) is 14.7. The van der Waals surface area contributed by atoms with Crippen molar-refractivity contribution >= 4 is 29.0 Å². The Bertz CT molecular complexity index is 1140. The molecule has 1 atom stereocenters. The van der Waals surface area contributed by atoms with Gasteiger partial charge < -0.3 is 14.6 Å². The van der Waals surface area contributed by atoms with Crippen LogP contribution in [0.4, 0.5) is 18.9 Å². The minimum absolute atomic E-state index is 0.0173. The van der Waals surface area contributed by atoms with Crippen molar-refractivity contribution < 1.29 is 27.5 Å². The summed E-state index contributed by atoms with van der Waals surface area (Å²) < 4.78 is 42.7. The first-order valence-electron chi connectivity index (χ1n) is 9.38. The summed E-state index contributed by atoms with van der Waals surface area (Å²) in [4.78, 5) is 24.7. The molecule has 1 aromatic heterocycles. The number of carbonyl (C=O) groups excluding carboxylic acids is 2. The van der Waals surface area contributed by atoms with E-state index in [0.717, 1.165) is 6.07 Å². The molecule has 3 aromatic rings. The lowest BCUT2D eigenvalue weighted by Crippen LogP contribution is -2.31. The second kappa shape index (κ2) is 8.11. The monoisotopic (exact) mass is 448 g/mol. The molecule has 0 fully saturated rings. The molecule has 1 aliphatic heterocycles. The summed E-state index contributed by atoms with van der Waals surface area (Å²) in [6, 6.07) is 13.8. The Morgan fingerprint density at radius 1 is 1.10 bits per heavy atom. The van der Waals surface area contributed by atoms with E-state index in [1.807, 2.05) is 0 Å². The third-order valence-electron chi connectivity index (χ3n) is 4.99. The highest BCUT2D eigenvalue weighted by atomic mass is 35.5. The Kier molecular flexibility index (Phi) is 5.49.